The average molecular weight is 961 g/mol. The molecule has 0 aliphatic heterocycles. The highest BCUT2D eigenvalue weighted by Crippen LogP contribution is 2.61. The maximum absolute atomic E-state index is 2.34. The first-order valence-electron chi connectivity index (χ1n) is 33.1. The predicted molar refractivity (Wildman–Crippen MR) is 317 cm³/mol. The highest BCUT2D eigenvalue weighted by Gasteiger charge is 2.35. The average Bonchev–Trinajstić information content (AvgIpc) is 3.34. The van der Waals surface area contributed by atoms with Crippen molar-refractivity contribution in [2.75, 3.05) is 24.6 Å². The molecule has 0 aliphatic carbocycles. The van der Waals surface area contributed by atoms with E-state index in [4.69, 9.17) is 0 Å². The van der Waals surface area contributed by atoms with E-state index in [2.05, 4.69) is 27.7 Å². The zero-order valence-electron chi connectivity index (χ0n) is 48.3. The lowest BCUT2D eigenvalue weighted by molar-refractivity contribution is 0.533. The van der Waals surface area contributed by atoms with Crippen LogP contribution in [0.3, 0.4) is 0 Å². The maximum atomic E-state index is 2.34. The lowest BCUT2D eigenvalue weighted by Crippen LogP contribution is -2.13. The van der Waals surface area contributed by atoms with Crippen molar-refractivity contribution in [3.63, 3.8) is 0 Å². The summed E-state index contributed by atoms with van der Waals surface area (Å²) in [6, 6.07) is 0. The van der Waals surface area contributed by atoms with E-state index in [1.807, 2.05) is 0 Å². The molecule has 0 nitrogen and oxygen atoms in total. The summed E-state index contributed by atoms with van der Waals surface area (Å²) in [5.74, 6) is 0. The van der Waals surface area contributed by atoms with Gasteiger partial charge in [0.15, 0.2) is 0 Å². The normalized spacial score (nSPS) is 12.0. The Morgan fingerprint density at radius 2 is 0.209 bits per heavy atom. The third-order valence-electron chi connectivity index (χ3n) is 16.4. The third kappa shape index (κ3) is 55.6. The molecular weight excluding hydrogens is 824 g/mol. The van der Waals surface area contributed by atoms with E-state index < -0.39 is 7.26 Å². The first-order valence-corrected chi connectivity index (χ1v) is 35.6. The molecule has 0 heterocycles. The van der Waals surface area contributed by atoms with Crippen molar-refractivity contribution in [3.8, 4) is 0 Å². The fourth-order valence-electron chi connectivity index (χ4n) is 11.6. The molecule has 0 aromatic carbocycles. The second-order valence-corrected chi connectivity index (χ2v) is 27.8. The van der Waals surface area contributed by atoms with Gasteiger partial charge in [-0.15, -0.1) is 0 Å². The van der Waals surface area contributed by atoms with Crippen LogP contribution < -0.4 is 0 Å². The molecule has 0 rings (SSSR count). The topological polar surface area (TPSA) is 0 Å². The minimum atomic E-state index is -0.838. The van der Waals surface area contributed by atoms with Gasteiger partial charge in [0.1, 0.15) is 0 Å². The van der Waals surface area contributed by atoms with E-state index in [-0.39, 0.29) is 0 Å². The zero-order valence-corrected chi connectivity index (χ0v) is 49.2. The van der Waals surface area contributed by atoms with Crippen molar-refractivity contribution in [1.29, 1.82) is 0 Å². The molecular formula is C66H136P+. The smallest absolute Gasteiger partial charge is 0.0594 e. The lowest BCUT2D eigenvalue weighted by atomic mass is 10.0. The van der Waals surface area contributed by atoms with E-state index >= 15 is 0 Å². The van der Waals surface area contributed by atoms with Crippen LogP contribution in [0.2, 0.25) is 0 Å². The highest BCUT2D eigenvalue weighted by molar-refractivity contribution is 7.75. The molecule has 67 heavy (non-hydrogen) atoms. The minimum Gasteiger partial charge on any atom is -0.0654 e. The van der Waals surface area contributed by atoms with Crippen LogP contribution in [0.1, 0.15) is 400 Å². The van der Waals surface area contributed by atoms with E-state index in [0.29, 0.717) is 0 Å². The summed E-state index contributed by atoms with van der Waals surface area (Å²) in [5, 5.41) is 0. The second kappa shape index (κ2) is 60.7. The van der Waals surface area contributed by atoms with Gasteiger partial charge in [0.05, 0.1) is 24.6 Å². The summed E-state index contributed by atoms with van der Waals surface area (Å²) in [4.78, 5) is 0. The monoisotopic (exact) mass is 960 g/mol. The van der Waals surface area contributed by atoms with E-state index in [1.54, 1.807) is 50.3 Å². The Labute approximate surface area is 430 Å². The standard InChI is InChI=1S/C66H136P/c1-5-9-13-17-21-25-29-33-36-40-44-48-52-56-60-64-67(63-59-55-51-47-43-39-32-28-24-20-16-12-8-4,65-61-57-53-49-45-41-37-34-30-26-22-18-14-10-6-2)66-62-58-54-50-46-42-38-35-31-27-23-19-15-11-7-3/h5-66H2,1-4H3/q+1. The molecule has 0 radical (unpaired) electrons. The van der Waals surface area contributed by atoms with Crippen molar-refractivity contribution in [2.24, 2.45) is 0 Å². The van der Waals surface area contributed by atoms with Gasteiger partial charge in [0.2, 0.25) is 0 Å². The molecule has 1 heteroatoms. The van der Waals surface area contributed by atoms with Gasteiger partial charge in [-0.05, 0) is 51.4 Å². The van der Waals surface area contributed by atoms with Crippen molar-refractivity contribution in [1.82, 2.24) is 0 Å². The van der Waals surface area contributed by atoms with Gasteiger partial charge in [-0.3, -0.25) is 0 Å². The molecule has 0 amide bonds. The molecule has 0 spiro atoms. The summed E-state index contributed by atoms with van der Waals surface area (Å²) in [6.07, 6.45) is 93.3. The summed E-state index contributed by atoms with van der Waals surface area (Å²) >= 11 is 0. The molecule has 404 valence electrons. The quantitative estimate of drug-likeness (QED) is 0.0421. The zero-order chi connectivity index (χ0) is 48.3. The fraction of sp³-hybridized carbons (Fsp3) is 1.00. The van der Waals surface area contributed by atoms with Gasteiger partial charge < -0.3 is 0 Å². The Balaban J connectivity index is 4.93. The van der Waals surface area contributed by atoms with Crippen molar-refractivity contribution in [2.45, 2.75) is 400 Å². The summed E-state index contributed by atoms with van der Waals surface area (Å²) in [5.41, 5.74) is 0. The van der Waals surface area contributed by atoms with Crippen molar-refractivity contribution >= 4 is 7.26 Å². The van der Waals surface area contributed by atoms with E-state index in [0.717, 1.165) is 0 Å². The van der Waals surface area contributed by atoms with Gasteiger partial charge >= 0.3 is 0 Å². The fourth-order valence-corrected chi connectivity index (χ4v) is 16.5. The van der Waals surface area contributed by atoms with Gasteiger partial charge in [-0.2, -0.15) is 0 Å². The molecule has 0 N–H and O–H groups in total. The van der Waals surface area contributed by atoms with E-state index in [9.17, 15) is 0 Å². The van der Waals surface area contributed by atoms with E-state index in [1.165, 1.54) is 347 Å². The second-order valence-electron chi connectivity index (χ2n) is 23.3. The van der Waals surface area contributed by atoms with Gasteiger partial charge in [0.25, 0.3) is 0 Å². The van der Waals surface area contributed by atoms with Crippen molar-refractivity contribution in [3.05, 3.63) is 0 Å². The molecule has 0 saturated carbocycles. The minimum absolute atomic E-state index is 0.838. The Morgan fingerprint density at radius 3 is 0.313 bits per heavy atom. The van der Waals surface area contributed by atoms with Crippen LogP contribution in [0.15, 0.2) is 0 Å². The number of hydrogen-bond donors (Lipinski definition) is 0. The maximum Gasteiger partial charge on any atom is 0.0594 e. The lowest BCUT2D eigenvalue weighted by Gasteiger charge is -2.28. The summed E-state index contributed by atoms with van der Waals surface area (Å²) in [7, 11) is -0.838. The van der Waals surface area contributed by atoms with Crippen molar-refractivity contribution < 1.29 is 0 Å². The first-order chi connectivity index (χ1) is 33.2. The predicted octanol–water partition coefficient (Wildman–Crippen LogP) is 25.7. The Morgan fingerprint density at radius 1 is 0.119 bits per heavy atom. The number of hydrogen-bond acceptors (Lipinski definition) is 0. The Hall–Kier alpha value is 0.430. The third-order valence-corrected chi connectivity index (χ3v) is 21.5. The molecule has 0 unspecified atom stereocenters. The molecule has 0 aromatic rings. The van der Waals surface area contributed by atoms with Crippen LogP contribution in [-0.4, -0.2) is 24.6 Å². The van der Waals surface area contributed by atoms with Gasteiger partial charge in [-0.1, -0.05) is 349 Å². The van der Waals surface area contributed by atoms with Crippen LogP contribution in [0.4, 0.5) is 0 Å². The van der Waals surface area contributed by atoms with Gasteiger partial charge in [0, 0.05) is 7.26 Å². The van der Waals surface area contributed by atoms with Crippen LogP contribution in [0.5, 0.6) is 0 Å². The Kier molecular flexibility index (Phi) is 61.1. The number of unbranched alkanes of at least 4 members (excludes halogenated alkanes) is 54. The largest absolute Gasteiger partial charge is 0.0654 e. The Bertz CT molecular complexity index is 750. The van der Waals surface area contributed by atoms with Crippen LogP contribution in [0.25, 0.3) is 0 Å². The molecule has 0 aromatic heterocycles. The highest BCUT2D eigenvalue weighted by atomic mass is 31.2. The van der Waals surface area contributed by atoms with Gasteiger partial charge in [-0.25, -0.2) is 0 Å². The van der Waals surface area contributed by atoms with Crippen LogP contribution in [0, 0.1) is 0 Å². The molecule has 0 atom stereocenters. The molecule has 0 saturated heterocycles. The van der Waals surface area contributed by atoms with Crippen LogP contribution >= 0.6 is 7.26 Å². The first kappa shape index (κ1) is 67.4. The summed E-state index contributed by atoms with van der Waals surface area (Å²) in [6.45, 7) is 9.34. The SMILES string of the molecule is CCCCCCCCCCCCCCCCC[P+](CCCCCCCCCCCCCCC)(CCCCCCCCCCCCCCCCC)CCCCCCCCCCCCCCCCC. The number of rotatable bonds is 62. The molecule has 0 fully saturated rings. The summed E-state index contributed by atoms with van der Waals surface area (Å²) < 4.78 is 0. The molecule has 0 aliphatic rings. The van der Waals surface area contributed by atoms with Crippen LogP contribution in [-0.2, 0) is 0 Å². The molecule has 0 bridgehead atoms.